The molecule has 0 saturated heterocycles. The molecule has 33 heavy (non-hydrogen) atoms. The highest BCUT2D eigenvalue weighted by Gasteiger charge is 2.53. The number of anilines is 1. The van der Waals surface area contributed by atoms with Crippen molar-refractivity contribution >= 4 is 17.5 Å². The normalized spacial score (nSPS) is 28.3. The Bertz CT molecular complexity index is 1010. The van der Waals surface area contributed by atoms with E-state index in [4.69, 9.17) is 13.9 Å². The molecule has 7 heteroatoms. The third-order valence-electron chi connectivity index (χ3n) is 8.11. The highest BCUT2D eigenvalue weighted by molar-refractivity contribution is 6.08. The molecular formula is C26H32N2O5. The van der Waals surface area contributed by atoms with Gasteiger partial charge in [-0.05, 0) is 86.8 Å². The maximum absolute atomic E-state index is 13.5. The maximum Gasteiger partial charge on any atom is 0.291 e. The summed E-state index contributed by atoms with van der Waals surface area (Å²) in [6, 6.07) is 6.51. The van der Waals surface area contributed by atoms with Gasteiger partial charge < -0.3 is 24.5 Å². The van der Waals surface area contributed by atoms with E-state index in [-0.39, 0.29) is 23.1 Å². The number of rotatable bonds is 7. The summed E-state index contributed by atoms with van der Waals surface area (Å²) in [5.74, 6) is 2.78. The van der Waals surface area contributed by atoms with Crippen molar-refractivity contribution in [3.8, 4) is 11.5 Å². The molecule has 4 aliphatic rings. The lowest BCUT2D eigenvalue weighted by Gasteiger charge is -2.59. The molecule has 176 valence electrons. The molecule has 4 saturated carbocycles. The van der Waals surface area contributed by atoms with Gasteiger partial charge in [0.1, 0.15) is 0 Å². The second kappa shape index (κ2) is 8.43. The van der Waals surface area contributed by atoms with Gasteiger partial charge in [0.05, 0.1) is 31.7 Å². The van der Waals surface area contributed by atoms with Gasteiger partial charge in [0.25, 0.3) is 11.8 Å². The summed E-state index contributed by atoms with van der Waals surface area (Å²) in [5.41, 5.74) is 0.867. The van der Waals surface area contributed by atoms with Crippen LogP contribution < -0.4 is 20.1 Å². The van der Waals surface area contributed by atoms with Crippen molar-refractivity contribution in [2.45, 2.75) is 51.5 Å². The van der Waals surface area contributed by atoms with Crippen LogP contribution in [0, 0.1) is 23.2 Å². The Morgan fingerprint density at radius 3 is 2.15 bits per heavy atom. The summed E-state index contributed by atoms with van der Waals surface area (Å²) in [6.07, 6.45) is 9.12. The minimum Gasteiger partial charge on any atom is -0.493 e. The molecule has 4 aliphatic carbocycles. The zero-order chi connectivity index (χ0) is 23.2. The lowest BCUT2D eigenvalue weighted by atomic mass is 9.48. The molecule has 0 spiro atoms. The van der Waals surface area contributed by atoms with Gasteiger partial charge in [0.2, 0.25) is 0 Å². The standard InChI is InChI=1S/C26H32N2O5/c1-15(26-12-16-7-17(13-26)9-18(8-16)14-26)27-24(29)19-10-22(31-2)23(32-3)11-20(19)28-25(30)21-5-4-6-33-21/h4-6,10-11,15-18H,7-9,12-14H2,1-3H3,(H,27,29)(H,28,30). The molecule has 1 atom stereocenters. The number of carbonyl (C=O) groups excluding carboxylic acids is 2. The van der Waals surface area contributed by atoms with E-state index >= 15 is 0 Å². The van der Waals surface area contributed by atoms with Crippen molar-refractivity contribution in [1.82, 2.24) is 5.32 Å². The monoisotopic (exact) mass is 452 g/mol. The first kappa shape index (κ1) is 21.9. The molecule has 7 nitrogen and oxygen atoms in total. The third-order valence-corrected chi connectivity index (χ3v) is 8.11. The third kappa shape index (κ3) is 3.98. The van der Waals surface area contributed by atoms with Crippen molar-refractivity contribution in [2.75, 3.05) is 19.5 Å². The van der Waals surface area contributed by atoms with E-state index in [9.17, 15) is 9.59 Å². The van der Waals surface area contributed by atoms with Crippen LogP contribution in [0.25, 0.3) is 0 Å². The predicted octanol–water partition coefficient (Wildman–Crippen LogP) is 4.88. The zero-order valence-electron chi connectivity index (χ0n) is 19.5. The van der Waals surface area contributed by atoms with Gasteiger partial charge in [-0.3, -0.25) is 9.59 Å². The van der Waals surface area contributed by atoms with Crippen LogP contribution in [-0.4, -0.2) is 32.1 Å². The number of methoxy groups -OCH3 is 2. The zero-order valence-corrected chi connectivity index (χ0v) is 19.5. The molecule has 2 amide bonds. The van der Waals surface area contributed by atoms with E-state index in [1.807, 2.05) is 0 Å². The fourth-order valence-electron chi connectivity index (χ4n) is 6.90. The molecule has 0 radical (unpaired) electrons. The van der Waals surface area contributed by atoms with Crippen LogP contribution in [0.15, 0.2) is 34.9 Å². The van der Waals surface area contributed by atoms with Crippen molar-refractivity contribution in [2.24, 2.45) is 23.2 Å². The van der Waals surface area contributed by atoms with Crippen molar-refractivity contribution in [3.63, 3.8) is 0 Å². The average Bonchev–Trinajstić information content (AvgIpc) is 3.33. The molecule has 0 aliphatic heterocycles. The molecule has 2 N–H and O–H groups in total. The van der Waals surface area contributed by atoms with Gasteiger partial charge in [-0.1, -0.05) is 0 Å². The minimum atomic E-state index is -0.435. The lowest BCUT2D eigenvalue weighted by Crippen LogP contribution is -2.55. The Labute approximate surface area is 194 Å². The van der Waals surface area contributed by atoms with Crippen LogP contribution in [0.5, 0.6) is 11.5 Å². The van der Waals surface area contributed by atoms with Crippen LogP contribution in [-0.2, 0) is 0 Å². The summed E-state index contributed by atoms with van der Waals surface area (Å²) in [5, 5.41) is 6.08. The molecule has 1 aromatic heterocycles. The summed E-state index contributed by atoms with van der Waals surface area (Å²) in [6.45, 7) is 2.15. The number of furan rings is 1. The summed E-state index contributed by atoms with van der Waals surface area (Å²) in [7, 11) is 3.05. The number of hydrogen-bond donors (Lipinski definition) is 2. The Morgan fingerprint density at radius 2 is 1.61 bits per heavy atom. The van der Waals surface area contributed by atoms with Crippen molar-refractivity contribution in [3.05, 3.63) is 41.9 Å². The highest BCUT2D eigenvalue weighted by atomic mass is 16.5. The van der Waals surface area contributed by atoms with E-state index in [2.05, 4.69) is 17.6 Å². The van der Waals surface area contributed by atoms with Crippen LogP contribution in [0.4, 0.5) is 5.69 Å². The van der Waals surface area contributed by atoms with E-state index in [0.29, 0.717) is 22.7 Å². The molecule has 6 rings (SSSR count). The second-order valence-electron chi connectivity index (χ2n) is 10.2. The molecule has 1 aromatic carbocycles. The first-order valence-electron chi connectivity index (χ1n) is 11.8. The van der Waals surface area contributed by atoms with Crippen molar-refractivity contribution < 1.29 is 23.5 Å². The SMILES string of the molecule is COc1cc(NC(=O)c2ccco2)c(C(=O)NC(C)C23CC4CC(CC(C4)C2)C3)cc1OC. The molecule has 1 heterocycles. The van der Waals surface area contributed by atoms with Gasteiger partial charge in [0, 0.05) is 12.1 Å². The second-order valence-corrected chi connectivity index (χ2v) is 10.2. The van der Waals surface area contributed by atoms with Crippen LogP contribution in [0.3, 0.4) is 0 Å². The van der Waals surface area contributed by atoms with Crippen molar-refractivity contribution in [1.29, 1.82) is 0 Å². The lowest BCUT2D eigenvalue weighted by molar-refractivity contribution is -0.0687. The van der Waals surface area contributed by atoms with Gasteiger partial charge >= 0.3 is 0 Å². The molecule has 2 aromatic rings. The fraction of sp³-hybridized carbons (Fsp3) is 0.538. The molecule has 1 unspecified atom stereocenters. The quantitative estimate of drug-likeness (QED) is 0.625. The smallest absolute Gasteiger partial charge is 0.291 e. The summed E-state index contributed by atoms with van der Waals surface area (Å²) in [4.78, 5) is 26.2. The molecule has 4 bridgehead atoms. The highest BCUT2D eigenvalue weighted by Crippen LogP contribution is 2.61. The maximum atomic E-state index is 13.5. The van der Waals surface area contributed by atoms with Gasteiger partial charge in [-0.2, -0.15) is 0 Å². The number of ether oxygens (including phenoxy) is 2. The Hall–Kier alpha value is -2.96. The number of benzene rings is 1. The average molecular weight is 453 g/mol. The van der Waals surface area contributed by atoms with E-state index < -0.39 is 5.91 Å². The number of hydrogen-bond acceptors (Lipinski definition) is 5. The largest absolute Gasteiger partial charge is 0.493 e. The predicted molar refractivity (Wildman–Crippen MR) is 124 cm³/mol. The number of nitrogens with one attached hydrogen (secondary N) is 2. The minimum absolute atomic E-state index is 0.0557. The Kier molecular flexibility index (Phi) is 5.59. The van der Waals surface area contributed by atoms with Crippen LogP contribution >= 0.6 is 0 Å². The van der Waals surface area contributed by atoms with Crippen LogP contribution in [0.2, 0.25) is 0 Å². The first-order chi connectivity index (χ1) is 15.9. The Morgan fingerprint density at radius 1 is 1.00 bits per heavy atom. The number of carbonyl (C=O) groups is 2. The van der Waals surface area contributed by atoms with E-state index in [0.717, 1.165) is 17.8 Å². The van der Waals surface area contributed by atoms with Gasteiger partial charge in [0.15, 0.2) is 17.3 Å². The van der Waals surface area contributed by atoms with Gasteiger partial charge in [-0.25, -0.2) is 0 Å². The molecular weight excluding hydrogens is 420 g/mol. The first-order valence-corrected chi connectivity index (χ1v) is 11.8. The van der Waals surface area contributed by atoms with Crippen LogP contribution in [0.1, 0.15) is 66.4 Å². The number of amides is 2. The van der Waals surface area contributed by atoms with Gasteiger partial charge in [-0.15, -0.1) is 0 Å². The van der Waals surface area contributed by atoms with E-state index in [1.165, 1.54) is 59.0 Å². The summed E-state index contributed by atoms with van der Waals surface area (Å²) >= 11 is 0. The molecule has 4 fully saturated rings. The Balaban J connectivity index is 1.41. The fourth-order valence-corrected chi connectivity index (χ4v) is 6.90. The topological polar surface area (TPSA) is 89.8 Å². The van der Waals surface area contributed by atoms with E-state index in [1.54, 1.807) is 24.3 Å². The summed E-state index contributed by atoms with van der Waals surface area (Å²) < 4.78 is 16.0.